The van der Waals surface area contributed by atoms with E-state index in [0.29, 0.717) is 0 Å². The zero-order chi connectivity index (χ0) is 6.41. The zero-order valence-corrected chi connectivity index (χ0v) is 7.23. The molecule has 0 unspecified atom stereocenters. The van der Waals surface area contributed by atoms with E-state index in [1.165, 1.54) is 4.24 Å². The molecule has 0 bridgehead atoms. The summed E-state index contributed by atoms with van der Waals surface area (Å²) in [6.07, 6.45) is 7.61. The Morgan fingerprint density at radius 3 is 2.00 bits per heavy atom. The van der Waals surface area contributed by atoms with E-state index in [0.717, 1.165) is 6.42 Å². The lowest BCUT2D eigenvalue weighted by Gasteiger charge is -1.94. The Kier molecular flexibility index (Phi) is 5.88. The van der Waals surface area contributed by atoms with E-state index in [4.69, 9.17) is 0 Å². The maximum absolute atomic E-state index is 2.25. The summed E-state index contributed by atoms with van der Waals surface area (Å²) in [6, 6.07) is 0. The molecule has 0 nitrogen and oxygen atoms in total. The molecule has 0 heterocycles. The standard InChI is InChI=1S/C6H12S2/c1-4-5-6(7-2)8-3/h5H,4H2,1-3H3. The van der Waals surface area contributed by atoms with Gasteiger partial charge in [-0.05, 0) is 18.9 Å². The second-order valence-electron chi connectivity index (χ2n) is 1.34. The highest BCUT2D eigenvalue weighted by molar-refractivity contribution is 8.21. The second-order valence-corrected chi connectivity index (χ2v) is 3.29. The molecule has 0 aliphatic rings. The van der Waals surface area contributed by atoms with E-state index in [1.54, 1.807) is 0 Å². The van der Waals surface area contributed by atoms with Crippen molar-refractivity contribution in [3.05, 3.63) is 10.3 Å². The third-order valence-corrected chi connectivity index (χ3v) is 2.91. The summed E-state index contributed by atoms with van der Waals surface area (Å²) in [5, 5.41) is 0. The van der Waals surface area contributed by atoms with Crippen molar-refractivity contribution in [1.29, 1.82) is 0 Å². The first-order valence-electron chi connectivity index (χ1n) is 2.63. The third-order valence-electron chi connectivity index (χ3n) is 0.773. The van der Waals surface area contributed by atoms with Gasteiger partial charge in [-0.15, -0.1) is 23.5 Å². The smallest absolute Gasteiger partial charge is 0.0355 e. The molecule has 0 atom stereocenters. The van der Waals surface area contributed by atoms with Crippen LogP contribution in [0.5, 0.6) is 0 Å². The molecular formula is C6H12S2. The van der Waals surface area contributed by atoms with E-state index in [-0.39, 0.29) is 0 Å². The van der Waals surface area contributed by atoms with E-state index in [9.17, 15) is 0 Å². The van der Waals surface area contributed by atoms with E-state index in [1.807, 2.05) is 23.5 Å². The van der Waals surface area contributed by atoms with Crippen molar-refractivity contribution < 1.29 is 0 Å². The fourth-order valence-electron chi connectivity index (χ4n) is 0.417. The van der Waals surface area contributed by atoms with Gasteiger partial charge in [0.15, 0.2) is 0 Å². The van der Waals surface area contributed by atoms with Gasteiger partial charge in [0, 0.05) is 4.24 Å². The minimum Gasteiger partial charge on any atom is -0.123 e. The van der Waals surface area contributed by atoms with Crippen LogP contribution < -0.4 is 0 Å². The Bertz CT molecular complexity index is 70.6. The van der Waals surface area contributed by atoms with Crippen molar-refractivity contribution in [3.63, 3.8) is 0 Å². The van der Waals surface area contributed by atoms with Crippen molar-refractivity contribution in [1.82, 2.24) is 0 Å². The molecule has 0 fully saturated rings. The molecule has 48 valence electrons. The van der Waals surface area contributed by atoms with Gasteiger partial charge in [-0.2, -0.15) is 0 Å². The summed E-state index contributed by atoms with van der Waals surface area (Å²) in [5.74, 6) is 0. The van der Waals surface area contributed by atoms with E-state index < -0.39 is 0 Å². The first-order valence-corrected chi connectivity index (χ1v) is 5.08. The van der Waals surface area contributed by atoms with Gasteiger partial charge in [0.2, 0.25) is 0 Å². The lowest BCUT2D eigenvalue weighted by atomic mass is 10.5. The van der Waals surface area contributed by atoms with Crippen LogP contribution in [0, 0.1) is 0 Å². The van der Waals surface area contributed by atoms with Crippen molar-refractivity contribution in [2.75, 3.05) is 12.5 Å². The highest BCUT2D eigenvalue weighted by Crippen LogP contribution is 2.23. The van der Waals surface area contributed by atoms with Crippen LogP contribution in [0.3, 0.4) is 0 Å². The molecule has 0 radical (unpaired) electrons. The van der Waals surface area contributed by atoms with Crippen molar-refractivity contribution in [3.8, 4) is 0 Å². The molecule has 0 aliphatic heterocycles. The average Bonchev–Trinajstić information content (AvgIpc) is 1.83. The fraction of sp³-hybridized carbons (Fsp3) is 0.667. The number of hydrogen-bond acceptors (Lipinski definition) is 2. The highest BCUT2D eigenvalue weighted by atomic mass is 32.2. The molecule has 0 amide bonds. The molecule has 0 spiro atoms. The zero-order valence-electron chi connectivity index (χ0n) is 5.60. The third kappa shape index (κ3) is 3.44. The minimum atomic E-state index is 1.15. The van der Waals surface area contributed by atoms with Gasteiger partial charge < -0.3 is 0 Å². The van der Waals surface area contributed by atoms with Gasteiger partial charge in [-0.25, -0.2) is 0 Å². The predicted molar refractivity (Wildman–Crippen MR) is 45.4 cm³/mol. The van der Waals surface area contributed by atoms with Crippen LogP contribution >= 0.6 is 23.5 Å². The number of allylic oxidation sites excluding steroid dienone is 1. The summed E-state index contributed by atoms with van der Waals surface area (Å²) in [7, 11) is 0. The summed E-state index contributed by atoms with van der Waals surface area (Å²) in [5.41, 5.74) is 0. The molecule has 8 heavy (non-hydrogen) atoms. The topological polar surface area (TPSA) is 0 Å². The number of thioether (sulfide) groups is 2. The average molecular weight is 148 g/mol. The largest absolute Gasteiger partial charge is 0.123 e. The van der Waals surface area contributed by atoms with Crippen LogP contribution in [0.2, 0.25) is 0 Å². The Morgan fingerprint density at radius 2 is 1.88 bits per heavy atom. The SMILES string of the molecule is CCC=C(SC)SC. The summed E-state index contributed by atoms with van der Waals surface area (Å²) in [4.78, 5) is 0. The molecule has 0 aliphatic carbocycles. The number of rotatable bonds is 3. The molecule has 0 aromatic rings. The van der Waals surface area contributed by atoms with E-state index in [2.05, 4.69) is 25.5 Å². The van der Waals surface area contributed by atoms with Crippen molar-refractivity contribution in [2.45, 2.75) is 13.3 Å². The summed E-state index contributed by atoms with van der Waals surface area (Å²) < 4.78 is 1.42. The molecule has 0 aromatic carbocycles. The first kappa shape index (κ1) is 8.44. The van der Waals surface area contributed by atoms with Crippen LogP contribution in [-0.4, -0.2) is 12.5 Å². The molecular weight excluding hydrogens is 136 g/mol. The lowest BCUT2D eigenvalue weighted by molar-refractivity contribution is 1.23. The van der Waals surface area contributed by atoms with Gasteiger partial charge in [-0.3, -0.25) is 0 Å². The minimum absolute atomic E-state index is 1.15. The Balaban J connectivity index is 3.49. The lowest BCUT2D eigenvalue weighted by Crippen LogP contribution is -1.63. The van der Waals surface area contributed by atoms with E-state index >= 15 is 0 Å². The van der Waals surface area contributed by atoms with Gasteiger partial charge in [0.25, 0.3) is 0 Å². The normalized spacial score (nSPS) is 8.88. The van der Waals surface area contributed by atoms with Crippen LogP contribution in [0.4, 0.5) is 0 Å². The molecule has 0 N–H and O–H groups in total. The second kappa shape index (κ2) is 5.57. The van der Waals surface area contributed by atoms with Crippen molar-refractivity contribution in [2.24, 2.45) is 0 Å². The molecule has 2 heteroatoms. The van der Waals surface area contributed by atoms with Crippen LogP contribution in [0.25, 0.3) is 0 Å². The van der Waals surface area contributed by atoms with Crippen molar-refractivity contribution >= 4 is 23.5 Å². The van der Waals surface area contributed by atoms with Crippen LogP contribution in [0.15, 0.2) is 10.3 Å². The maximum atomic E-state index is 2.25. The fourth-order valence-corrected chi connectivity index (χ4v) is 1.75. The Labute approximate surface area is 60.1 Å². The quantitative estimate of drug-likeness (QED) is 0.603. The summed E-state index contributed by atoms with van der Waals surface area (Å²) in [6.45, 7) is 2.16. The number of hydrogen-bond donors (Lipinski definition) is 0. The predicted octanol–water partition coefficient (Wildman–Crippen LogP) is 2.96. The first-order chi connectivity index (χ1) is 3.85. The molecule has 0 saturated heterocycles. The van der Waals surface area contributed by atoms with Crippen LogP contribution in [-0.2, 0) is 0 Å². The summed E-state index contributed by atoms with van der Waals surface area (Å²) >= 11 is 3.64. The van der Waals surface area contributed by atoms with Gasteiger partial charge in [-0.1, -0.05) is 13.0 Å². The molecule has 0 aromatic heterocycles. The van der Waals surface area contributed by atoms with Gasteiger partial charge in [0.1, 0.15) is 0 Å². The highest BCUT2D eigenvalue weighted by Gasteiger charge is 1.85. The Hall–Kier alpha value is 0.440. The van der Waals surface area contributed by atoms with Crippen LogP contribution in [0.1, 0.15) is 13.3 Å². The monoisotopic (exact) mass is 148 g/mol. The molecule has 0 saturated carbocycles. The van der Waals surface area contributed by atoms with Gasteiger partial charge in [0.05, 0.1) is 0 Å². The molecule has 0 rings (SSSR count). The Morgan fingerprint density at radius 1 is 1.38 bits per heavy atom. The maximum Gasteiger partial charge on any atom is 0.0355 e. The van der Waals surface area contributed by atoms with Gasteiger partial charge >= 0.3 is 0 Å².